The van der Waals surface area contributed by atoms with Crippen LogP contribution in [0.25, 0.3) is 0 Å². The van der Waals surface area contributed by atoms with Crippen molar-refractivity contribution in [3.05, 3.63) is 77.3 Å². The van der Waals surface area contributed by atoms with E-state index in [0.29, 0.717) is 10.7 Å². The van der Waals surface area contributed by atoms with E-state index in [1.165, 1.54) is 22.9 Å². The average molecular weight is 346 g/mol. The molecule has 0 unspecified atom stereocenters. The zero-order valence-electron chi connectivity index (χ0n) is 12.4. The van der Waals surface area contributed by atoms with Gasteiger partial charge in [-0.1, -0.05) is 35.9 Å². The lowest BCUT2D eigenvalue weighted by molar-refractivity contribution is 0.102. The molecule has 1 aromatic heterocycles. The fourth-order valence-electron chi connectivity index (χ4n) is 2.00. The Kier molecular flexibility index (Phi) is 4.77. The minimum Gasteiger partial charge on any atom is -0.468 e. The SMILES string of the molecule is O=C(Nc1ccccc1Cl)c1ccn(COc2ccccc2F)n1. The maximum Gasteiger partial charge on any atom is 0.276 e. The quantitative estimate of drug-likeness (QED) is 0.761. The van der Waals surface area contributed by atoms with Crippen molar-refractivity contribution in [2.24, 2.45) is 0 Å². The number of aromatic nitrogens is 2. The summed E-state index contributed by atoms with van der Waals surface area (Å²) in [6.07, 6.45) is 1.57. The number of carbonyl (C=O) groups excluding carboxylic acids is 1. The molecular formula is C17H13ClFN3O2. The van der Waals surface area contributed by atoms with E-state index in [-0.39, 0.29) is 18.2 Å². The largest absolute Gasteiger partial charge is 0.468 e. The van der Waals surface area contributed by atoms with E-state index in [9.17, 15) is 9.18 Å². The van der Waals surface area contributed by atoms with E-state index in [2.05, 4.69) is 10.4 Å². The van der Waals surface area contributed by atoms with Crippen LogP contribution >= 0.6 is 11.6 Å². The third kappa shape index (κ3) is 3.72. The van der Waals surface area contributed by atoms with Gasteiger partial charge in [-0.25, -0.2) is 9.07 Å². The van der Waals surface area contributed by atoms with E-state index in [4.69, 9.17) is 16.3 Å². The fraction of sp³-hybridized carbons (Fsp3) is 0.0588. The van der Waals surface area contributed by atoms with Gasteiger partial charge in [-0.3, -0.25) is 4.79 Å². The third-order valence-corrected chi connectivity index (χ3v) is 3.51. The van der Waals surface area contributed by atoms with Crippen LogP contribution in [0, 0.1) is 5.82 Å². The first kappa shape index (κ1) is 16.0. The topological polar surface area (TPSA) is 56.2 Å². The molecule has 1 N–H and O–H groups in total. The molecule has 0 aliphatic heterocycles. The Bertz CT molecular complexity index is 866. The normalized spacial score (nSPS) is 10.4. The lowest BCUT2D eigenvalue weighted by Gasteiger charge is -2.07. The highest BCUT2D eigenvalue weighted by Crippen LogP contribution is 2.21. The standard InChI is InChI=1S/C17H13ClFN3O2/c18-12-5-1-3-7-14(12)20-17(23)15-9-10-22(21-15)11-24-16-8-4-2-6-13(16)19/h1-10H,11H2,(H,20,23). The highest BCUT2D eigenvalue weighted by Gasteiger charge is 2.12. The first-order valence-corrected chi connectivity index (χ1v) is 7.48. The molecule has 1 heterocycles. The van der Waals surface area contributed by atoms with Gasteiger partial charge in [-0.2, -0.15) is 5.10 Å². The molecule has 3 rings (SSSR count). The molecule has 0 spiro atoms. The van der Waals surface area contributed by atoms with Gasteiger partial charge in [0.05, 0.1) is 10.7 Å². The Hall–Kier alpha value is -2.86. The number of nitrogens with one attached hydrogen (secondary N) is 1. The average Bonchev–Trinajstić information content (AvgIpc) is 3.05. The second-order valence-electron chi connectivity index (χ2n) is 4.88. The number of hydrogen-bond donors (Lipinski definition) is 1. The summed E-state index contributed by atoms with van der Waals surface area (Å²) in [5.74, 6) is -0.732. The first-order chi connectivity index (χ1) is 11.6. The van der Waals surface area contributed by atoms with E-state index in [0.717, 1.165) is 0 Å². The van der Waals surface area contributed by atoms with Crippen molar-refractivity contribution in [1.82, 2.24) is 9.78 Å². The number of carbonyl (C=O) groups is 1. The summed E-state index contributed by atoms with van der Waals surface area (Å²) in [7, 11) is 0. The van der Waals surface area contributed by atoms with Crippen LogP contribution in [-0.4, -0.2) is 15.7 Å². The Morgan fingerprint density at radius 3 is 2.71 bits per heavy atom. The van der Waals surface area contributed by atoms with E-state index < -0.39 is 11.7 Å². The van der Waals surface area contributed by atoms with Gasteiger partial charge in [-0.15, -0.1) is 0 Å². The maximum atomic E-state index is 13.5. The monoisotopic (exact) mass is 345 g/mol. The van der Waals surface area contributed by atoms with E-state index in [1.54, 1.807) is 42.6 Å². The zero-order chi connectivity index (χ0) is 16.9. The first-order valence-electron chi connectivity index (χ1n) is 7.10. The van der Waals surface area contributed by atoms with Gasteiger partial charge in [0.25, 0.3) is 5.91 Å². The van der Waals surface area contributed by atoms with Crippen LogP contribution < -0.4 is 10.1 Å². The van der Waals surface area contributed by atoms with Crippen molar-refractivity contribution >= 4 is 23.2 Å². The summed E-state index contributed by atoms with van der Waals surface area (Å²) in [6.45, 7) is -0.0136. The van der Waals surface area contributed by atoms with Gasteiger partial charge >= 0.3 is 0 Å². The van der Waals surface area contributed by atoms with Crippen molar-refractivity contribution in [1.29, 1.82) is 0 Å². The lowest BCUT2D eigenvalue weighted by atomic mass is 10.3. The third-order valence-electron chi connectivity index (χ3n) is 3.18. The number of anilines is 1. The van der Waals surface area contributed by atoms with Crippen LogP contribution in [0.3, 0.4) is 0 Å². The van der Waals surface area contributed by atoms with Crippen molar-refractivity contribution in [3.63, 3.8) is 0 Å². The van der Waals surface area contributed by atoms with Crippen LogP contribution in [0.2, 0.25) is 5.02 Å². The summed E-state index contributed by atoms with van der Waals surface area (Å²) >= 11 is 6.00. The van der Waals surface area contributed by atoms with Crippen LogP contribution in [0.1, 0.15) is 10.5 Å². The highest BCUT2D eigenvalue weighted by atomic mass is 35.5. The molecule has 5 nitrogen and oxygen atoms in total. The molecule has 0 radical (unpaired) electrons. The second kappa shape index (κ2) is 7.14. The number of ether oxygens (including phenoxy) is 1. The predicted octanol–water partition coefficient (Wildman–Crippen LogP) is 3.96. The number of para-hydroxylation sites is 2. The molecule has 0 saturated carbocycles. The number of halogens is 2. The molecule has 0 aliphatic carbocycles. The maximum absolute atomic E-state index is 13.5. The number of nitrogens with zero attached hydrogens (tertiary/aromatic N) is 2. The minimum atomic E-state index is -0.457. The van der Waals surface area contributed by atoms with Crippen molar-refractivity contribution < 1.29 is 13.9 Å². The Morgan fingerprint density at radius 2 is 1.92 bits per heavy atom. The molecule has 0 fully saturated rings. The van der Waals surface area contributed by atoms with Gasteiger partial charge < -0.3 is 10.1 Å². The van der Waals surface area contributed by atoms with Gasteiger partial charge in [0.1, 0.15) is 0 Å². The molecule has 0 saturated heterocycles. The molecule has 0 atom stereocenters. The van der Waals surface area contributed by atoms with E-state index in [1.807, 2.05) is 0 Å². The van der Waals surface area contributed by atoms with Gasteiger partial charge in [0, 0.05) is 6.20 Å². The summed E-state index contributed by atoms with van der Waals surface area (Å²) < 4.78 is 20.2. The summed E-state index contributed by atoms with van der Waals surface area (Å²) in [4.78, 5) is 12.2. The molecule has 7 heteroatoms. The van der Waals surface area contributed by atoms with Crippen LogP contribution in [0.5, 0.6) is 5.75 Å². The number of hydrogen-bond acceptors (Lipinski definition) is 3. The molecule has 0 aliphatic rings. The smallest absolute Gasteiger partial charge is 0.276 e. The Balaban J connectivity index is 1.64. The van der Waals surface area contributed by atoms with Gasteiger partial charge in [-0.05, 0) is 30.3 Å². The molecule has 3 aromatic rings. The number of rotatable bonds is 5. The van der Waals surface area contributed by atoms with Crippen molar-refractivity contribution in [2.75, 3.05) is 5.32 Å². The molecule has 122 valence electrons. The van der Waals surface area contributed by atoms with Crippen LogP contribution in [0.15, 0.2) is 60.8 Å². The van der Waals surface area contributed by atoms with Crippen molar-refractivity contribution in [3.8, 4) is 5.75 Å². The summed E-state index contributed by atoms with van der Waals surface area (Å²) in [5.41, 5.74) is 0.702. The number of benzene rings is 2. The zero-order valence-corrected chi connectivity index (χ0v) is 13.2. The second-order valence-corrected chi connectivity index (χ2v) is 5.29. The predicted molar refractivity (Wildman–Crippen MR) is 88.7 cm³/mol. The number of amides is 1. The fourth-order valence-corrected chi connectivity index (χ4v) is 2.18. The molecular weight excluding hydrogens is 333 g/mol. The summed E-state index contributed by atoms with van der Waals surface area (Å²) in [5, 5.41) is 7.21. The summed E-state index contributed by atoms with van der Waals surface area (Å²) in [6, 6.07) is 14.5. The van der Waals surface area contributed by atoms with Crippen LogP contribution in [-0.2, 0) is 6.73 Å². The lowest BCUT2D eigenvalue weighted by Crippen LogP contribution is -2.14. The minimum absolute atomic E-state index is 0.0136. The molecule has 24 heavy (non-hydrogen) atoms. The van der Waals surface area contributed by atoms with E-state index >= 15 is 0 Å². The van der Waals surface area contributed by atoms with Gasteiger partial charge in [0.2, 0.25) is 0 Å². The van der Waals surface area contributed by atoms with Crippen molar-refractivity contribution in [2.45, 2.75) is 6.73 Å². The van der Waals surface area contributed by atoms with Crippen LogP contribution in [0.4, 0.5) is 10.1 Å². The van der Waals surface area contributed by atoms with Gasteiger partial charge in [0.15, 0.2) is 24.0 Å². The molecule has 1 amide bonds. The molecule has 2 aromatic carbocycles. The molecule has 0 bridgehead atoms. The Labute approximate surface area is 142 Å². The highest BCUT2D eigenvalue weighted by molar-refractivity contribution is 6.33. The Morgan fingerprint density at radius 1 is 1.17 bits per heavy atom.